The number of primary amides is 1. The van der Waals surface area contributed by atoms with Gasteiger partial charge in [0.1, 0.15) is 17.1 Å². The van der Waals surface area contributed by atoms with Crippen molar-refractivity contribution in [2.75, 3.05) is 14.1 Å². The number of rotatable bonds is 4. The fourth-order valence-electron chi connectivity index (χ4n) is 5.75. The number of aliphatic hydroxyl groups excluding tert-OH is 2. The van der Waals surface area contributed by atoms with Gasteiger partial charge in [-0.1, -0.05) is 11.6 Å². The number of nitrogens with two attached hydrogens (primary N) is 1. The van der Waals surface area contributed by atoms with E-state index < -0.39 is 97.4 Å². The van der Waals surface area contributed by atoms with E-state index in [0.29, 0.717) is 0 Å². The highest BCUT2D eigenvalue weighted by Crippen LogP contribution is 2.58. The second kappa shape index (κ2) is 8.24. The molecule has 0 spiro atoms. The molecule has 0 bridgehead atoms. The summed E-state index contributed by atoms with van der Waals surface area (Å²) in [6, 6.07) is 0.740. The van der Waals surface area contributed by atoms with E-state index in [9.17, 15) is 47.8 Å². The van der Waals surface area contributed by atoms with Crippen molar-refractivity contribution in [1.82, 2.24) is 4.90 Å². The highest BCUT2D eigenvalue weighted by Gasteiger charge is 2.66. The van der Waals surface area contributed by atoms with Gasteiger partial charge in [0, 0.05) is 28.0 Å². The Kier molecular flexibility index (Phi) is 6.02. The maximum atomic E-state index is 13.9. The molecule has 0 saturated heterocycles. The Balaban J connectivity index is 2.08. The van der Waals surface area contributed by atoms with Crippen LogP contribution in [-0.4, -0.2) is 81.5 Å². The van der Waals surface area contributed by atoms with Crippen molar-refractivity contribution >= 4 is 45.2 Å². The van der Waals surface area contributed by atoms with Crippen molar-refractivity contribution in [3.05, 3.63) is 45.2 Å². The van der Waals surface area contributed by atoms with E-state index in [2.05, 4.69) is 4.18 Å². The van der Waals surface area contributed by atoms with Crippen molar-refractivity contribution in [1.29, 1.82) is 0 Å². The molecule has 0 aliphatic heterocycles. The van der Waals surface area contributed by atoms with Crippen LogP contribution in [0.3, 0.4) is 0 Å². The third-order valence-corrected chi connectivity index (χ3v) is 7.96. The molecule has 0 heterocycles. The Bertz CT molecular complexity index is 1450. The zero-order chi connectivity index (χ0) is 28.0. The van der Waals surface area contributed by atoms with Gasteiger partial charge in [0.15, 0.2) is 17.1 Å². The number of benzene rings is 1. The zero-order valence-corrected chi connectivity index (χ0v) is 21.2. The summed E-state index contributed by atoms with van der Waals surface area (Å²) in [6.45, 7) is 1.21. The van der Waals surface area contributed by atoms with Crippen LogP contribution < -0.4 is 9.92 Å². The fourth-order valence-corrected chi connectivity index (χ4v) is 6.46. The first-order valence-electron chi connectivity index (χ1n) is 10.7. The van der Waals surface area contributed by atoms with Crippen molar-refractivity contribution < 1.29 is 52.0 Å². The lowest BCUT2D eigenvalue weighted by Gasteiger charge is -2.53. The van der Waals surface area contributed by atoms with Crippen molar-refractivity contribution in [3.8, 4) is 5.75 Å². The minimum atomic E-state index is -5.14. The molecule has 0 aromatic heterocycles. The predicted octanol–water partition coefficient (Wildman–Crippen LogP) is -0.242. The zero-order valence-electron chi connectivity index (χ0n) is 19.6. The van der Waals surface area contributed by atoms with Crippen LogP contribution in [0.15, 0.2) is 29.0 Å². The maximum absolute atomic E-state index is 13.9. The summed E-state index contributed by atoms with van der Waals surface area (Å²) in [4.78, 5) is 40.3. The molecule has 1 saturated carbocycles. The average Bonchev–Trinajstić information content (AvgIpc) is 2.74. The number of fused-ring (bicyclic) bond motifs is 3. The summed E-state index contributed by atoms with van der Waals surface area (Å²) in [7, 11) is -2.28. The van der Waals surface area contributed by atoms with Gasteiger partial charge in [-0.05, 0) is 39.6 Å². The Labute approximate surface area is 215 Å². The molecule has 0 unspecified atom stereocenters. The second-order valence-corrected chi connectivity index (χ2v) is 11.0. The first-order valence-corrected chi connectivity index (χ1v) is 12.5. The van der Waals surface area contributed by atoms with Gasteiger partial charge in [0.2, 0.25) is 5.78 Å². The van der Waals surface area contributed by atoms with E-state index in [4.69, 9.17) is 17.3 Å². The molecular formula is C22H23ClN2O11S. The van der Waals surface area contributed by atoms with Gasteiger partial charge in [0.25, 0.3) is 5.91 Å². The van der Waals surface area contributed by atoms with Gasteiger partial charge < -0.3 is 30.3 Å². The van der Waals surface area contributed by atoms with Crippen molar-refractivity contribution in [3.63, 3.8) is 0 Å². The Hall–Kier alpha value is -3.01. The molecule has 0 radical (unpaired) electrons. The molecule has 1 aromatic carbocycles. The Morgan fingerprint density at radius 3 is 2.32 bits per heavy atom. The SMILES string of the molecule is CN(C)[C@@H]1C(=O)C(C(N)=O)=C(O)[C@@]2(O)C(=O)C3=C(O)c4c(OS(=O)(=O)O)ccc(Cl)c4[C@@](C)(O)[C@H]3C[C@@H]12. The number of halogens is 1. The van der Waals surface area contributed by atoms with Crippen LogP contribution in [0.5, 0.6) is 5.75 Å². The van der Waals surface area contributed by atoms with Crippen LogP contribution in [0.2, 0.25) is 5.02 Å². The molecule has 200 valence electrons. The minimum Gasteiger partial charge on any atom is -0.508 e. The molecule has 1 aromatic rings. The number of carbonyl (C=O) groups excluding carboxylic acids is 3. The van der Waals surface area contributed by atoms with Gasteiger partial charge in [-0.25, -0.2) is 0 Å². The summed E-state index contributed by atoms with van der Waals surface area (Å²) < 4.78 is 36.5. The smallest absolute Gasteiger partial charge is 0.446 e. The molecule has 1 fully saturated rings. The lowest BCUT2D eigenvalue weighted by molar-refractivity contribution is -0.159. The topological polar surface area (TPSA) is 225 Å². The number of ketones is 2. The summed E-state index contributed by atoms with van der Waals surface area (Å²) >= 11 is 6.29. The Morgan fingerprint density at radius 1 is 1.22 bits per heavy atom. The molecule has 1 amide bonds. The number of aliphatic hydroxyl groups is 4. The number of hydrogen-bond acceptors (Lipinski definition) is 11. The first kappa shape index (κ1) is 27.0. The van der Waals surface area contributed by atoms with Crippen LogP contribution in [0, 0.1) is 11.8 Å². The second-order valence-electron chi connectivity index (χ2n) is 9.57. The number of amides is 1. The van der Waals surface area contributed by atoms with Gasteiger partial charge in [0.05, 0.1) is 17.2 Å². The molecular weight excluding hydrogens is 536 g/mol. The van der Waals surface area contributed by atoms with Crippen LogP contribution in [0.4, 0.5) is 0 Å². The minimum absolute atomic E-state index is 0.163. The van der Waals surface area contributed by atoms with Crippen LogP contribution in [0.25, 0.3) is 5.76 Å². The van der Waals surface area contributed by atoms with E-state index in [1.807, 2.05) is 0 Å². The van der Waals surface area contributed by atoms with Gasteiger partial charge in [-0.2, -0.15) is 8.42 Å². The van der Waals surface area contributed by atoms with Crippen molar-refractivity contribution in [2.24, 2.45) is 17.6 Å². The fraction of sp³-hybridized carbons (Fsp3) is 0.409. The predicted molar refractivity (Wildman–Crippen MR) is 126 cm³/mol. The lowest BCUT2D eigenvalue weighted by atomic mass is 9.54. The summed E-state index contributed by atoms with van der Waals surface area (Å²) in [5.41, 5.74) is -2.25. The lowest BCUT2D eigenvalue weighted by Crippen LogP contribution is -2.67. The van der Waals surface area contributed by atoms with Gasteiger partial charge in [-0.3, -0.25) is 23.8 Å². The quantitative estimate of drug-likeness (QED) is 0.208. The van der Waals surface area contributed by atoms with Gasteiger partial charge in [-0.15, -0.1) is 0 Å². The summed E-state index contributed by atoms with van der Waals surface area (Å²) in [5.74, 6) is -9.44. The monoisotopic (exact) mass is 558 g/mol. The van der Waals surface area contributed by atoms with E-state index >= 15 is 0 Å². The van der Waals surface area contributed by atoms with E-state index in [-0.39, 0.29) is 10.6 Å². The molecule has 7 N–H and O–H groups in total. The highest BCUT2D eigenvalue weighted by atomic mass is 35.5. The molecule has 37 heavy (non-hydrogen) atoms. The number of carbonyl (C=O) groups is 3. The molecule has 3 aliphatic rings. The summed E-state index contributed by atoms with van der Waals surface area (Å²) in [5, 5.41) is 45.1. The van der Waals surface area contributed by atoms with Crippen molar-refractivity contribution in [2.45, 2.75) is 30.6 Å². The van der Waals surface area contributed by atoms with Crippen LogP contribution in [-0.2, 0) is 30.4 Å². The third-order valence-electron chi connectivity index (χ3n) is 7.25. The van der Waals surface area contributed by atoms with Crippen LogP contribution >= 0.6 is 11.6 Å². The Morgan fingerprint density at radius 2 is 1.81 bits per heavy atom. The highest BCUT2D eigenvalue weighted by molar-refractivity contribution is 7.81. The summed E-state index contributed by atoms with van der Waals surface area (Å²) in [6.07, 6.45) is -0.390. The first-order chi connectivity index (χ1) is 16.9. The third kappa shape index (κ3) is 3.66. The van der Waals surface area contributed by atoms with Crippen LogP contribution in [0.1, 0.15) is 24.5 Å². The maximum Gasteiger partial charge on any atom is 0.446 e. The largest absolute Gasteiger partial charge is 0.508 e. The normalized spacial score (nSPS) is 31.7. The van der Waals surface area contributed by atoms with E-state index in [1.54, 1.807) is 0 Å². The molecule has 3 aliphatic carbocycles. The van der Waals surface area contributed by atoms with Gasteiger partial charge >= 0.3 is 10.4 Å². The number of nitrogens with zero attached hydrogens (tertiary/aromatic N) is 1. The molecule has 5 atom stereocenters. The number of hydrogen-bond donors (Lipinski definition) is 6. The number of Topliss-reactive ketones (excluding diaryl/α,β-unsaturated/α-hetero) is 2. The van der Waals surface area contributed by atoms with E-state index in [0.717, 1.165) is 12.1 Å². The number of likely N-dealkylation sites (N-methyl/N-ethyl adjacent to an activating group) is 1. The van der Waals surface area contributed by atoms with E-state index in [1.165, 1.54) is 25.9 Å². The average molecular weight is 559 g/mol. The molecule has 13 nitrogen and oxygen atoms in total. The molecule has 4 rings (SSSR count). The standard InChI is InChI=1S/C22H23ClN2O11S/c1-21(31)7-6-8-15(25(2)3)17(27)13(20(24)30)19(29)22(8,32)18(28)11(7)16(26)12-10(36-37(33,34)35)5-4-9(23)14(12)21/h4-5,7-8,15,26,29,31-32H,6H2,1-3H3,(H2,24,30)(H,33,34,35)/t7-,8-,15-,21-,22-/m0/s1. The molecule has 15 heteroatoms.